The molecule has 0 rings (SSSR count). The predicted molar refractivity (Wildman–Crippen MR) is 41.4 cm³/mol. The Balaban J connectivity index is 4.01. The molecule has 0 aromatic heterocycles. The summed E-state index contributed by atoms with van der Waals surface area (Å²) in [6, 6.07) is 0.583. The summed E-state index contributed by atoms with van der Waals surface area (Å²) in [5.74, 6) is 7.92. The summed E-state index contributed by atoms with van der Waals surface area (Å²) in [5.41, 5.74) is 5.03. The van der Waals surface area contributed by atoms with E-state index in [1.807, 2.05) is 0 Å². The van der Waals surface area contributed by atoms with Gasteiger partial charge in [0.15, 0.2) is 6.04 Å². The smallest absolute Gasteiger partial charge is 0.333 e. The molecule has 0 spiro atoms. The molecule has 0 aromatic carbocycles. The molecule has 60 valence electrons. The lowest BCUT2D eigenvalue weighted by atomic mass is 10.3. The zero-order valence-electron chi connectivity index (χ0n) is 6.16. The summed E-state index contributed by atoms with van der Waals surface area (Å²) < 4.78 is 0. The van der Waals surface area contributed by atoms with E-state index in [0.717, 1.165) is 0 Å². The maximum absolute atomic E-state index is 10.1. The number of nitriles is 1. The SMILES string of the molecule is N#CCC#CC#C[C@H](N)C(=O)O. The van der Waals surface area contributed by atoms with Crippen LogP contribution in [0.5, 0.6) is 0 Å². The molecule has 0 amide bonds. The molecule has 4 heteroatoms. The van der Waals surface area contributed by atoms with E-state index < -0.39 is 12.0 Å². The van der Waals surface area contributed by atoms with Gasteiger partial charge in [0.25, 0.3) is 0 Å². The fraction of sp³-hybridized carbons (Fsp3) is 0.250. The maximum atomic E-state index is 10.1. The van der Waals surface area contributed by atoms with Gasteiger partial charge in [0.1, 0.15) is 0 Å². The predicted octanol–water partition coefficient (Wildman–Crippen LogP) is -0.681. The fourth-order valence-electron chi connectivity index (χ4n) is 0.303. The number of nitrogens with zero attached hydrogens (tertiary/aromatic N) is 1. The van der Waals surface area contributed by atoms with Crippen molar-refractivity contribution in [3.8, 4) is 29.8 Å². The molecule has 4 nitrogen and oxygen atoms in total. The highest BCUT2D eigenvalue weighted by molar-refractivity contribution is 5.77. The Morgan fingerprint density at radius 2 is 2.25 bits per heavy atom. The van der Waals surface area contributed by atoms with Crippen LogP contribution in [-0.4, -0.2) is 17.1 Å². The van der Waals surface area contributed by atoms with Crippen LogP contribution >= 0.6 is 0 Å². The van der Waals surface area contributed by atoms with E-state index in [1.165, 1.54) is 0 Å². The maximum Gasteiger partial charge on any atom is 0.333 e. The fourth-order valence-corrected chi connectivity index (χ4v) is 0.303. The summed E-state index contributed by atoms with van der Waals surface area (Å²) in [5, 5.41) is 16.3. The molecular formula is C8H6N2O2. The zero-order valence-corrected chi connectivity index (χ0v) is 6.16. The third-order valence-corrected chi connectivity index (χ3v) is 0.812. The molecule has 0 aliphatic rings. The van der Waals surface area contributed by atoms with Crippen LogP contribution in [0.25, 0.3) is 0 Å². The van der Waals surface area contributed by atoms with Gasteiger partial charge in [-0.3, -0.25) is 0 Å². The summed E-state index contributed by atoms with van der Waals surface area (Å²) >= 11 is 0. The minimum absolute atomic E-state index is 0.0803. The van der Waals surface area contributed by atoms with Gasteiger partial charge >= 0.3 is 5.97 Å². The molecule has 12 heavy (non-hydrogen) atoms. The Labute approximate surface area is 70.0 Å². The van der Waals surface area contributed by atoms with E-state index in [0.29, 0.717) is 0 Å². The van der Waals surface area contributed by atoms with Crippen molar-refractivity contribution < 1.29 is 9.90 Å². The molecule has 0 aromatic rings. The van der Waals surface area contributed by atoms with Gasteiger partial charge in [-0.15, -0.1) is 0 Å². The number of hydrogen-bond acceptors (Lipinski definition) is 3. The van der Waals surface area contributed by atoms with Gasteiger partial charge in [0, 0.05) is 0 Å². The number of carbonyl (C=O) groups is 1. The molecule has 0 aliphatic carbocycles. The first-order valence-corrected chi connectivity index (χ1v) is 3.02. The first-order valence-electron chi connectivity index (χ1n) is 3.02. The lowest BCUT2D eigenvalue weighted by molar-refractivity contribution is -0.137. The van der Waals surface area contributed by atoms with Crippen molar-refractivity contribution in [2.45, 2.75) is 12.5 Å². The van der Waals surface area contributed by atoms with Crippen molar-refractivity contribution in [1.82, 2.24) is 0 Å². The quantitative estimate of drug-likeness (QED) is 0.500. The van der Waals surface area contributed by atoms with Gasteiger partial charge < -0.3 is 10.8 Å². The van der Waals surface area contributed by atoms with Crippen molar-refractivity contribution in [2.24, 2.45) is 5.73 Å². The number of nitrogens with two attached hydrogens (primary N) is 1. The second-order valence-corrected chi connectivity index (χ2v) is 1.72. The molecule has 1 atom stereocenters. The third kappa shape index (κ3) is 4.88. The van der Waals surface area contributed by atoms with Gasteiger partial charge in [-0.2, -0.15) is 5.26 Å². The van der Waals surface area contributed by atoms with Crippen LogP contribution < -0.4 is 5.73 Å². The standard InChI is InChI=1S/C8H6N2O2/c9-6-4-2-1-3-5-7(10)8(11)12/h7H,4,10H2,(H,11,12)/t7-/m0/s1. The Morgan fingerprint density at radius 3 is 2.75 bits per heavy atom. The topological polar surface area (TPSA) is 87.1 Å². The van der Waals surface area contributed by atoms with E-state index in [2.05, 4.69) is 23.7 Å². The van der Waals surface area contributed by atoms with Crippen molar-refractivity contribution in [3.05, 3.63) is 0 Å². The van der Waals surface area contributed by atoms with Crippen LogP contribution in [0.4, 0.5) is 0 Å². The Kier molecular flexibility index (Phi) is 4.85. The van der Waals surface area contributed by atoms with Crippen molar-refractivity contribution in [3.63, 3.8) is 0 Å². The first kappa shape index (κ1) is 10.0. The van der Waals surface area contributed by atoms with Crippen molar-refractivity contribution >= 4 is 5.97 Å². The normalized spacial score (nSPS) is 9.33. The molecule has 0 aliphatic heterocycles. The molecule has 3 N–H and O–H groups in total. The lowest BCUT2D eigenvalue weighted by Gasteiger charge is -1.90. The van der Waals surface area contributed by atoms with E-state index in [9.17, 15) is 4.79 Å². The van der Waals surface area contributed by atoms with Gasteiger partial charge in [0.05, 0.1) is 12.5 Å². The number of rotatable bonds is 1. The van der Waals surface area contributed by atoms with Crippen LogP contribution in [0.15, 0.2) is 0 Å². The van der Waals surface area contributed by atoms with E-state index in [1.54, 1.807) is 6.07 Å². The highest BCUT2D eigenvalue weighted by atomic mass is 16.4. The monoisotopic (exact) mass is 162 g/mol. The van der Waals surface area contributed by atoms with Gasteiger partial charge in [-0.25, -0.2) is 4.79 Å². The minimum Gasteiger partial charge on any atom is -0.479 e. The summed E-state index contributed by atoms with van der Waals surface area (Å²) in [6.07, 6.45) is 0.0803. The first-order chi connectivity index (χ1) is 5.68. The second kappa shape index (κ2) is 5.80. The average Bonchev–Trinajstić information content (AvgIpc) is 2.03. The molecule has 0 bridgehead atoms. The van der Waals surface area contributed by atoms with Crippen LogP contribution in [0.2, 0.25) is 0 Å². The van der Waals surface area contributed by atoms with E-state index in [-0.39, 0.29) is 6.42 Å². The number of hydrogen-bond donors (Lipinski definition) is 2. The van der Waals surface area contributed by atoms with E-state index in [4.69, 9.17) is 16.1 Å². The minimum atomic E-state index is -1.21. The van der Waals surface area contributed by atoms with Crippen LogP contribution in [0.1, 0.15) is 6.42 Å². The van der Waals surface area contributed by atoms with Gasteiger partial charge in [-0.1, -0.05) is 11.8 Å². The highest BCUT2D eigenvalue weighted by Crippen LogP contribution is 1.73. The largest absolute Gasteiger partial charge is 0.479 e. The Morgan fingerprint density at radius 1 is 1.58 bits per heavy atom. The van der Waals surface area contributed by atoms with Crippen LogP contribution in [-0.2, 0) is 4.79 Å². The molecule has 0 saturated carbocycles. The van der Waals surface area contributed by atoms with Crippen molar-refractivity contribution in [2.75, 3.05) is 0 Å². The molecule has 0 heterocycles. The summed E-state index contributed by atoms with van der Waals surface area (Å²) in [7, 11) is 0. The van der Waals surface area contributed by atoms with Gasteiger partial charge in [-0.05, 0) is 11.8 Å². The van der Waals surface area contributed by atoms with Crippen LogP contribution in [0, 0.1) is 35.0 Å². The highest BCUT2D eigenvalue weighted by Gasteiger charge is 2.04. The number of aliphatic carboxylic acids is 1. The van der Waals surface area contributed by atoms with Gasteiger partial charge in [0.2, 0.25) is 0 Å². The number of carboxylic acids is 1. The molecule has 0 radical (unpaired) electrons. The average molecular weight is 162 g/mol. The van der Waals surface area contributed by atoms with Crippen LogP contribution in [0.3, 0.4) is 0 Å². The van der Waals surface area contributed by atoms with E-state index >= 15 is 0 Å². The Bertz CT molecular complexity index is 319. The van der Waals surface area contributed by atoms with Crippen molar-refractivity contribution in [1.29, 1.82) is 5.26 Å². The summed E-state index contributed by atoms with van der Waals surface area (Å²) in [6.45, 7) is 0. The Hall–Kier alpha value is -1.96. The molecule has 0 fully saturated rings. The third-order valence-electron chi connectivity index (χ3n) is 0.812. The molecular weight excluding hydrogens is 156 g/mol. The lowest BCUT2D eigenvalue weighted by Crippen LogP contribution is -2.27. The number of carboxylic acid groups (broad SMARTS) is 1. The summed E-state index contributed by atoms with van der Waals surface area (Å²) in [4.78, 5) is 10.1. The zero-order chi connectivity index (χ0) is 9.40. The second-order valence-electron chi connectivity index (χ2n) is 1.72. The molecule has 0 unspecified atom stereocenters. The molecule has 0 saturated heterocycles.